The van der Waals surface area contributed by atoms with E-state index in [2.05, 4.69) is 5.16 Å². The highest BCUT2D eigenvalue weighted by Gasteiger charge is 2.21. The molecule has 0 radical (unpaired) electrons. The molecule has 18 heavy (non-hydrogen) atoms. The second kappa shape index (κ2) is 4.91. The minimum absolute atomic E-state index is 0.189. The van der Waals surface area contributed by atoms with Gasteiger partial charge in [0.2, 0.25) is 5.88 Å². The summed E-state index contributed by atoms with van der Waals surface area (Å²) in [5.74, 6) is 0.395. The largest absolute Gasteiger partial charge is 0.464 e. The molecule has 0 fully saturated rings. The van der Waals surface area contributed by atoms with Crippen molar-refractivity contribution in [3.05, 3.63) is 42.1 Å². The van der Waals surface area contributed by atoms with Crippen LogP contribution in [0, 0.1) is 0 Å². The molecular weight excluding hydrogens is 232 g/mol. The van der Waals surface area contributed by atoms with Crippen LogP contribution in [0.2, 0.25) is 0 Å². The molecule has 5 nitrogen and oxygen atoms in total. The Hall–Kier alpha value is -2.30. The first-order valence-corrected chi connectivity index (χ1v) is 5.64. The molecule has 0 aliphatic carbocycles. The van der Waals surface area contributed by atoms with E-state index in [0.717, 1.165) is 10.6 Å². The van der Waals surface area contributed by atoms with Crippen LogP contribution in [0.5, 0.6) is 0 Å². The predicted molar refractivity (Wildman–Crippen MR) is 67.2 cm³/mol. The van der Waals surface area contributed by atoms with Crippen LogP contribution in [0.1, 0.15) is 25.5 Å². The third-order valence-corrected chi connectivity index (χ3v) is 2.53. The van der Waals surface area contributed by atoms with Crippen LogP contribution in [-0.4, -0.2) is 16.4 Å². The van der Waals surface area contributed by atoms with E-state index < -0.39 is 6.09 Å². The number of rotatable bonds is 3. The fourth-order valence-corrected chi connectivity index (χ4v) is 1.57. The normalized spacial score (nSPS) is 10.6. The van der Waals surface area contributed by atoms with Crippen LogP contribution < -0.4 is 4.90 Å². The van der Waals surface area contributed by atoms with Crippen molar-refractivity contribution in [1.29, 1.82) is 0 Å². The summed E-state index contributed by atoms with van der Waals surface area (Å²) in [6, 6.07) is 10.4. The molecule has 94 valence electrons. The summed E-state index contributed by atoms with van der Waals surface area (Å²) in [5.41, 5.74) is 1.25. The highest BCUT2D eigenvalue weighted by atomic mass is 16.5. The third-order valence-electron chi connectivity index (χ3n) is 2.53. The first kappa shape index (κ1) is 12.2. The van der Waals surface area contributed by atoms with Gasteiger partial charge in [-0.2, -0.15) is 0 Å². The first-order valence-electron chi connectivity index (χ1n) is 5.64. The Bertz CT molecular complexity index is 534. The number of anilines is 2. The van der Waals surface area contributed by atoms with Crippen molar-refractivity contribution < 1.29 is 14.4 Å². The lowest BCUT2D eigenvalue weighted by molar-refractivity contribution is 0.203. The molecule has 0 spiro atoms. The lowest BCUT2D eigenvalue weighted by Crippen LogP contribution is -2.22. The summed E-state index contributed by atoms with van der Waals surface area (Å²) in [4.78, 5) is 12.4. The van der Waals surface area contributed by atoms with Gasteiger partial charge in [0, 0.05) is 6.07 Å². The molecule has 0 saturated heterocycles. The lowest BCUT2D eigenvalue weighted by Gasteiger charge is -2.14. The SMILES string of the molecule is CC(C)c1cc(N(C(=O)O)c2ccccc2)on1. The zero-order chi connectivity index (χ0) is 13.1. The first-order chi connectivity index (χ1) is 8.59. The van der Waals surface area contributed by atoms with E-state index in [-0.39, 0.29) is 11.8 Å². The molecule has 1 aromatic heterocycles. The average Bonchev–Trinajstić information content (AvgIpc) is 2.79. The maximum absolute atomic E-state index is 11.3. The Morgan fingerprint density at radius 1 is 1.33 bits per heavy atom. The molecule has 1 heterocycles. The summed E-state index contributed by atoms with van der Waals surface area (Å²) in [6.45, 7) is 3.94. The van der Waals surface area contributed by atoms with Crippen LogP contribution in [-0.2, 0) is 0 Å². The summed E-state index contributed by atoms with van der Waals surface area (Å²) < 4.78 is 5.10. The van der Waals surface area contributed by atoms with E-state index in [0.29, 0.717) is 5.69 Å². The number of hydrogen-bond donors (Lipinski definition) is 1. The maximum Gasteiger partial charge on any atom is 0.418 e. The summed E-state index contributed by atoms with van der Waals surface area (Å²) in [5, 5.41) is 13.1. The fourth-order valence-electron chi connectivity index (χ4n) is 1.57. The standard InChI is InChI=1S/C13H14N2O3/c1-9(2)11-8-12(18-14-11)15(13(16)17)10-6-4-3-5-7-10/h3-9H,1-2H3,(H,16,17). The number of benzene rings is 1. The molecule has 0 bridgehead atoms. The maximum atomic E-state index is 11.3. The minimum atomic E-state index is -1.10. The van der Waals surface area contributed by atoms with Crippen LogP contribution in [0.3, 0.4) is 0 Å². The molecule has 2 aromatic rings. The minimum Gasteiger partial charge on any atom is -0.464 e. The molecule has 0 aliphatic heterocycles. The summed E-state index contributed by atoms with van der Waals surface area (Å²) in [6.07, 6.45) is -1.10. The molecule has 0 atom stereocenters. The number of aromatic nitrogens is 1. The summed E-state index contributed by atoms with van der Waals surface area (Å²) in [7, 11) is 0. The van der Waals surface area contributed by atoms with Crippen LogP contribution >= 0.6 is 0 Å². The highest BCUT2D eigenvalue weighted by molar-refractivity contribution is 5.93. The molecule has 1 N–H and O–H groups in total. The summed E-state index contributed by atoms with van der Waals surface area (Å²) >= 11 is 0. The van der Waals surface area contributed by atoms with Crippen LogP contribution in [0.25, 0.3) is 0 Å². The van der Waals surface area contributed by atoms with E-state index in [1.807, 2.05) is 19.9 Å². The van der Waals surface area contributed by atoms with Crippen molar-refractivity contribution in [3.63, 3.8) is 0 Å². The number of carboxylic acid groups (broad SMARTS) is 1. The van der Waals surface area contributed by atoms with E-state index in [1.165, 1.54) is 0 Å². The van der Waals surface area contributed by atoms with Crippen LogP contribution in [0.15, 0.2) is 40.9 Å². The number of carbonyl (C=O) groups is 1. The number of hydrogen-bond acceptors (Lipinski definition) is 3. The molecule has 0 unspecified atom stereocenters. The van der Waals surface area contributed by atoms with Crippen molar-refractivity contribution in [1.82, 2.24) is 5.16 Å². The molecule has 1 aromatic carbocycles. The zero-order valence-electron chi connectivity index (χ0n) is 10.2. The van der Waals surface area contributed by atoms with E-state index in [9.17, 15) is 9.90 Å². The van der Waals surface area contributed by atoms with Crippen LogP contribution in [0.4, 0.5) is 16.4 Å². The molecule has 0 saturated carbocycles. The van der Waals surface area contributed by atoms with Crippen molar-refractivity contribution in [2.45, 2.75) is 19.8 Å². The number of para-hydroxylation sites is 1. The second-order valence-electron chi connectivity index (χ2n) is 4.20. The van der Waals surface area contributed by atoms with E-state index in [4.69, 9.17) is 4.52 Å². The topological polar surface area (TPSA) is 66.6 Å². The Morgan fingerprint density at radius 2 is 2.00 bits per heavy atom. The highest BCUT2D eigenvalue weighted by Crippen LogP contribution is 2.27. The van der Waals surface area contributed by atoms with E-state index >= 15 is 0 Å². The van der Waals surface area contributed by atoms with Crippen molar-refractivity contribution in [2.24, 2.45) is 0 Å². The smallest absolute Gasteiger partial charge is 0.418 e. The van der Waals surface area contributed by atoms with Crippen molar-refractivity contribution in [2.75, 3.05) is 4.90 Å². The Morgan fingerprint density at radius 3 is 2.50 bits per heavy atom. The van der Waals surface area contributed by atoms with Gasteiger partial charge in [0.25, 0.3) is 0 Å². The quantitative estimate of drug-likeness (QED) is 0.898. The average molecular weight is 246 g/mol. The van der Waals surface area contributed by atoms with Gasteiger partial charge in [0.05, 0.1) is 11.4 Å². The number of nitrogens with zero attached hydrogens (tertiary/aromatic N) is 2. The van der Waals surface area contributed by atoms with Gasteiger partial charge in [-0.15, -0.1) is 0 Å². The Labute approximate surface area is 105 Å². The van der Waals surface area contributed by atoms with E-state index in [1.54, 1.807) is 30.3 Å². The Balaban J connectivity index is 2.39. The third kappa shape index (κ3) is 2.34. The van der Waals surface area contributed by atoms with Crippen molar-refractivity contribution >= 4 is 17.7 Å². The predicted octanol–water partition coefficient (Wildman–Crippen LogP) is 3.61. The van der Waals surface area contributed by atoms with Gasteiger partial charge in [-0.05, 0) is 18.1 Å². The monoisotopic (exact) mass is 246 g/mol. The number of amides is 1. The molecule has 1 amide bonds. The zero-order valence-corrected chi connectivity index (χ0v) is 10.2. The van der Waals surface area contributed by atoms with Gasteiger partial charge < -0.3 is 9.63 Å². The van der Waals surface area contributed by atoms with Gasteiger partial charge in [0.1, 0.15) is 0 Å². The molecule has 0 aliphatic rings. The Kier molecular flexibility index (Phi) is 3.32. The van der Waals surface area contributed by atoms with Gasteiger partial charge in [-0.3, -0.25) is 0 Å². The molecular formula is C13H14N2O3. The molecule has 5 heteroatoms. The lowest BCUT2D eigenvalue weighted by atomic mass is 10.1. The van der Waals surface area contributed by atoms with Gasteiger partial charge in [-0.25, -0.2) is 9.69 Å². The van der Waals surface area contributed by atoms with Gasteiger partial charge in [0.15, 0.2) is 0 Å². The molecule has 2 rings (SSSR count). The van der Waals surface area contributed by atoms with Crippen molar-refractivity contribution in [3.8, 4) is 0 Å². The van der Waals surface area contributed by atoms with Gasteiger partial charge in [-0.1, -0.05) is 37.2 Å². The fraction of sp³-hybridized carbons (Fsp3) is 0.231. The van der Waals surface area contributed by atoms with Gasteiger partial charge >= 0.3 is 6.09 Å². The second-order valence-corrected chi connectivity index (χ2v) is 4.20.